The van der Waals surface area contributed by atoms with Gasteiger partial charge in [-0.25, -0.2) is 0 Å². The third-order valence-corrected chi connectivity index (χ3v) is 3.23. The zero-order valence-electron chi connectivity index (χ0n) is 11.8. The van der Waals surface area contributed by atoms with Crippen LogP contribution in [-0.2, 0) is 0 Å². The van der Waals surface area contributed by atoms with Gasteiger partial charge in [-0.3, -0.25) is 4.79 Å². The molecular weight excluding hydrogens is 254 g/mol. The van der Waals surface area contributed by atoms with E-state index in [0.29, 0.717) is 28.3 Å². The first-order valence-electron chi connectivity index (χ1n) is 6.19. The highest BCUT2D eigenvalue weighted by Gasteiger charge is 2.15. The lowest BCUT2D eigenvalue weighted by molar-refractivity contribution is 0.103. The molecule has 0 aromatic heterocycles. The molecule has 0 aliphatic rings. The Balaban J connectivity index is 2.50. The van der Waals surface area contributed by atoms with Crippen molar-refractivity contribution in [2.75, 3.05) is 20.0 Å². The summed E-state index contributed by atoms with van der Waals surface area (Å²) in [5.41, 5.74) is 8.32. The van der Waals surface area contributed by atoms with Gasteiger partial charge in [-0.2, -0.15) is 0 Å². The predicted molar refractivity (Wildman–Crippen MR) is 78.6 cm³/mol. The fourth-order valence-electron chi connectivity index (χ4n) is 1.99. The first-order chi connectivity index (χ1) is 9.56. The van der Waals surface area contributed by atoms with Gasteiger partial charge in [0.05, 0.1) is 14.2 Å². The SMILES string of the molecule is COc1cc(OC)cc(C(=O)c2cccc(N)c2C)c1. The molecule has 0 saturated heterocycles. The van der Waals surface area contributed by atoms with Crippen LogP contribution in [0, 0.1) is 6.92 Å². The number of ether oxygens (including phenoxy) is 2. The Hall–Kier alpha value is -2.49. The van der Waals surface area contributed by atoms with Crippen molar-refractivity contribution in [2.45, 2.75) is 6.92 Å². The van der Waals surface area contributed by atoms with Crippen LogP contribution in [0.5, 0.6) is 11.5 Å². The first kappa shape index (κ1) is 13.9. The van der Waals surface area contributed by atoms with Crippen molar-refractivity contribution in [3.05, 3.63) is 53.1 Å². The van der Waals surface area contributed by atoms with Crippen molar-refractivity contribution in [1.82, 2.24) is 0 Å². The molecule has 4 nitrogen and oxygen atoms in total. The average molecular weight is 271 g/mol. The number of rotatable bonds is 4. The van der Waals surface area contributed by atoms with E-state index in [-0.39, 0.29) is 5.78 Å². The van der Waals surface area contributed by atoms with Crippen LogP contribution in [0.15, 0.2) is 36.4 Å². The lowest BCUT2D eigenvalue weighted by atomic mass is 9.98. The molecule has 2 aromatic carbocycles. The highest BCUT2D eigenvalue weighted by Crippen LogP contribution is 2.26. The lowest BCUT2D eigenvalue weighted by Crippen LogP contribution is -2.06. The maximum atomic E-state index is 12.6. The Morgan fingerprint density at radius 3 is 2.20 bits per heavy atom. The number of hydrogen-bond acceptors (Lipinski definition) is 4. The van der Waals surface area contributed by atoms with E-state index in [1.807, 2.05) is 6.92 Å². The van der Waals surface area contributed by atoms with Crippen LogP contribution >= 0.6 is 0 Å². The Labute approximate surface area is 118 Å². The van der Waals surface area contributed by atoms with Crippen LogP contribution in [0.2, 0.25) is 0 Å². The van der Waals surface area contributed by atoms with Crippen molar-refractivity contribution in [1.29, 1.82) is 0 Å². The smallest absolute Gasteiger partial charge is 0.193 e. The summed E-state index contributed by atoms with van der Waals surface area (Å²) in [5, 5.41) is 0. The first-order valence-corrected chi connectivity index (χ1v) is 6.19. The van der Waals surface area contributed by atoms with E-state index in [4.69, 9.17) is 15.2 Å². The van der Waals surface area contributed by atoms with Crippen LogP contribution in [-0.4, -0.2) is 20.0 Å². The Bertz CT molecular complexity index is 628. The molecule has 0 heterocycles. The van der Waals surface area contributed by atoms with Gasteiger partial charge in [-0.05, 0) is 30.7 Å². The van der Waals surface area contributed by atoms with Gasteiger partial charge in [-0.15, -0.1) is 0 Å². The maximum Gasteiger partial charge on any atom is 0.193 e. The van der Waals surface area contributed by atoms with E-state index >= 15 is 0 Å². The van der Waals surface area contributed by atoms with Gasteiger partial charge in [0.15, 0.2) is 5.78 Å². The van der Waals surface area contributed by atoms with Gasteiger partial charge in [0, 0.05) is 22.9 Å². The summed E-state index contributed by atoms with van der Waals surface area (Å²) in [6.07, 6.45) is 0. The molecule has 0 aliphatic heterocycles. The van der Waals surface area contributed by atoms with Crippen molar-refractivity contribution >= 4 is 11.5 Å². The zero-order valence-corrected chi connectivity index (χ0v) is 11.8. The minimum atomic E-state index is -0.105. The van der Waals surface area contributed by atoms with Crippen LogP contribution in [0.1, 0.15) is 21.5 Å². The van der Waals surface area contributed by atoms with Gasteiger partial charge in [0.2, 0.25) is 0 Å². The monoisotopic (exact) mass is 271 g/mol. The number of benzene rings is 2. The second-order valence-electron chi connectivity index (χ2n) is 4.45. The fourth-order valence-corrected chi connectivity index (χ4v) is 1.99. The molecule has 0 unspecified atom stereocenters. The summed E-state index contributed by atoms with van der Waals surface area (Å²) in [6.45, 7) is 1.83. The summed E-state index contributed by atoms with van der Waals surface area (Å²) in [4.78, 5) is 12.6. The zero-order chi connectivity index (χ0) is 14.7. The van der Waals surface area contributed by atoms with E-state index in [1.165, 1.54) is 0 Å². The van der Waals surface area contributed by atoms with Crippen LogP contribution < -0.4 is 15.2 Å². The Morgan fingerprint density at radius 1 is 1.05 bits per heavy atom. The molecule has 104 valence electrons. The van der Waals surface area contributed by atoms with Gasteiger partial charge < -0.3 is 15.2 Å². The third kappa shape index (κ3) is 2.59. The van der Waals surface area contributed by atoms with Crippen molar-refractivity contribution in [2.24, 2.45) is 0 Å². The average Bonchev–Trinajstić information content (AvgIpc) is 2.48. The largest absolute Gasteiger partial charge is 0.497 e. The molecule has 2 rings (SSSR count). The molecule has 0 aliphatic carbocycles. The molecule has 20 heavy (non-hydrogen) atoms. The predicted octanol–water partition coefficient (Wildman–Crippen LogP) is 2.83. The minimum Gasteiger partial charge on any atom is -0.497 e. The highest BCUT2D eigenvalue weighted by atomic mass is 16.5. The Kier molecular flexibility index (Phi) is 3.94. The van der Waals surface area contributed by atoms with Crippen LogP contribution in [0.4, 0.5) is 5.69 Å². The second-order valence-corrected chi connectivity index (χ2v) is 4.45. The topological polar surface area (TPSA) is 61.5 Å². The normalized spacial score (nSPS) is 10.2. The molecule has 0 spiro atoms. The van der Waals surface area contributed by atoms with Gasteiger partial charge in [-0.1, -0.05) is 12.1 Å². The summed E-state index contributed by atoms with van der Waals surface area (Å²) in [7, 11) is 3.10. The van der Waals surface area contributed by atoms with Gasteiger partial charge in [0.1, 0.15) is 11.5 Å². The fraction of sp³-hybridized carbons (Fsp3) is 0.188. The number of ketones is 1. The van der Waals surface area contributed by atoms with E-state index in [0.717, 1.165) is 5.56 Å². The summed E-state index contributed by atoms with van der Waals surface area (Å²) in [5.74, 6) is 1.05. The summed E-state index contributed by atoms with van der Waals surface area (Å²) in [6, 6.07) is 10.4. The number of nitrogen functional groups attached to an aromatic ring is 1. The Morgan fingerprint density at radius 2 is 1.65 bits per heavy atom. The second kappa shape index (κ2) is 5.65. The number of carbonyl (C=O) groups excluding carboxylic acids is 1. The maximum absolute atomic E-state index is 12.6. The van der Waals surface area contributed by atoms with Crippen LogP contribution in [0.25, 0.3) is 0 Å². The number of nitrogens with two attached hydrogens (primary N) is 1. The summed E-state index contributed by atoms with van der Waals surface area (Å²) < 4.78 is 10.4. The van der Waals surface area contributed by atoms with E-state index < -0.39 is 0 Å². The minimum absolute atomic E-state index is 0.105. The van der Waals surface area contributed by atoms with E-state index in [1.54, 1.807) is 50.6 Å². The van der Waals surface area contributed by atoms with Gasteiger partial charge in [0.25, 0.3) is 0 Å². The molecule has 0 radical (unpaired) electrons. The number of hydrogen-bond donors (Lipinski definition) is 1. The highest BCUT2D eigenvalue weighted by molar-refractivity contribution is 6.10. The molecule has 0 bridgehead atoms. The number of carbonyl (C=O) groups is 1. The molecule has 2 N–H and O–H groups in total. The third-order valence-electron chi connectivity index (χ3n) is 3.23. The molecule has 4 heteroatoms. The van der Waals surface area contributed by atoms with Crippen molar-refractivity contribution in [3.63, 3.8) is 0 Å². The van der Waals surface area contributed by atoms with Crippen LogP contribution in [0.3, 0.4) is 0 Å². The van der Waals surface area contributed by atoms with Crippen molar-refractivity contribution in [3.8, 4) is 11.5 Å². The van der Waals surface area contributed by atoms with E-state index in [9.17, 15) is 4.79 Å². The molecular formula is C16H17NO3. The van der Waals surface area contributed by atoms with Gasteiger partial charge >= 0.3 is 0 Å². The summed E-state index contributed by atoms with van der Waals surface area (Å²) >= 11 is 0. The number of methoxy groups -OCH3 is 2. The molecule has 2 aromatic rings. The number of anilines is 1. The molecule has 0 atom stereocenters. The van der Waals surface area contributed by atoms with Crippen molar-refractivity contribution < 1.29 is 14.3 Å². The molecule has 0 amide bonds. The lowest BCUT2D eigenvalue weighted by Gasteiger charge is -2.10. The molecule has 0 fully saturated rings. The standard InChI is InChI=1S/C16H17NO3/c1-10-14(5-4-6-15(10)17)16(18)11-7-12(19-2)9-13(8-11)20-3/h4-9H,17H2,1-3H3. The van der Waals surface area contributed by atoms with E-state index in [2.05, 4.69) is 0 Å². The molecule has 0 saturated carbocycles. The quantitative estimate of drug-likeness (QED) is 0.686.